The van der Waals surface area contributed by atoms with Crippen LogP contribution in [-0.2, 0) is 4.79 Å². The van der Waals surface area contributed by atoms with Crippen molar-refractivity contribution in [2.75, 3.05) is 0 Å². The zero-order chi connectivity index (χ0) is 4.12. The minimum atomic E-state index is 0.976. The zero-order valence-corrected chi connectivity index (χ0v) is 2.25. The van der Waals surface area contributed by atoms with Crippen LogP contribution in [0.5, 0.6) is 0 Å². The van der Waals surface area contributed by atoms with Crippen molar-refractivity contribution >= 4 is 6.08 Å². The zero-order valence-electron chi connectivity index (χ0n) is 2.25. The summed E-state index contributed by atoms with van der Waals surface area (Å²) >= 11 is 0. The van der Waals surface area contributed by atoms with Crippen LogP contribution in [0.15, 0.2) is 0 Å². The van der Waals surface area contributed by atoms with E-state index in [0.29, 0.717) is 0 Å². The van der Waals surface area contributed by atoms with Gasteiger partial charge in [-0.2, -0.15) is 4.79 Å². The molecule has 0 N–H and O–H groups in total. The molecule has 0 bridgehead atoms. The highest BCUT2D eigenvalue weighted by Gasteiger charge is 1.47. The maximum atomic E-state index is 8.86. The van der Waals surface area contributed by atoms with Gasteiger partial charge in [0.05, 0.1) is 4.79 Å². The van der Waals surface area contributed by atoms with Crippen LogP contribution in [-0.4, -0.2) is 10.9 Å². The van der Waals surface area contributed by atoms with Gasteiger partial charge in [-0.1, -0.05) is 0 Å². The number of isocyanates is 1. The molecule has 4 heteroatoms. The van der Waals surface area contributed by atoms with Crippen LogP contribution >= 0.6 is 0 Å². The quantitative estimate of drug-likeness (QED) is 0.128. The topological polar surface area (TPSA) is 67.6 Å². The van der Waals surface area contributed by atoms with E-state index in [1.165, 1.54) is 0 Å². The summed E-state index contributed by atoms with van der Waals surface area (Å²) in [5.74, 6) is 0. The van der Waals surface area contributed by atoms with Crippen molar-refractivity contribution in [1.29, 1.82) is 0 Å². The molecule has 0 aromatic heterocycles. The Balaban J connectivity index is 4.38. The van der Waals surface area contributed by atoms with Gasteiger partial charge in [0.1, 0.15) is 0 Å². The van der Waals surface area contributed by atoms with E-state index >= 15 is 0 Å². The Morgan fingerprint density at radius 1 is 1.80 bits per heavy atom. The highest BCUT2D eigenvalue weighted by Crippen LogP contribution is 1.25. The van der Waals surface area contributed by atoms with Crippen molar-refractivity contribution in [2.45, 2.75) is 0 Å². The molecule has 0 amide bonds. The minimum Gasteiger partial charge on any atom is -0.189 e. The van der Waals surface area contributed by atoms with Crippen LogP contribution in [0.1, 0.15) is 0 Å². The summed E-state index contributed by atoms with van der Waals surface area (Å²) in [4.78, 5) is 13.3. The van der Waals surface area contributed by atoms with Gasteiger partial charge in [-0.3, -0.25) is 0 Å². The fraction of sp³-hybridized carbons (Fsp3) is 0. The Kier molecular flexibility index (Phi) is 2.13. The van der Waals surface area contributed by atoms with E-state index in [1.807, 2.05) is 0 Å². The summed E-state index contributed by atoms with van der Waals surface area (Å²) in [6, 6.07) is 0. The monoisotopic (exact) mass is 70.0 g/mol. The average molecular weight is 70.0 g/mol. The van der Waals surface area contributed by atoms with Crippen molar-refractivity contribution in [1.82, 2.24) is 0 Å². The van der Waals surface area contributed by atoms with Crippen LogP contribution in [0.25, 0.3) is 10.4 Å². The Morgan fingerprint density at radius 3 is 2.40 bits per heavy atom. The van der Waals surface area contributed by atoms with E-state index in [9.17, 15) is 0 Å². The van der Waals surface area contributed by atoms with Crippen LogP contribution in [0, 0.1) is 0 Å². The van der Waals surface area contributed by atoms with Gasteiger partial charge in [-0.15, -0.1) is 0 Å². The lowest BCUT2D eigenvalue weighted by molar-refractivity contribution is -0.0107. The maximum absolute atomic E-state index is 8.86. The Morgan fingerprint density at radius 2 is 2.40 bits per heavy atom. The summed E-state index contributed by atoms with van der Waals surface area (Å²) < 4.78 is 0. The molecule has 24 valence electrons. The van der Waals surface area contributed by atoms with E-state index in [4.69, 9.17) is 10.3 Å². The number of rotatable bonds is 0. The standard InChI is InChI=1S/CN3O/c2-4-3-1-5/q+1. The van der Waals surface area contributed by atoms with Crippen molar-refractivity contribution in [3.8, 4) is 0 Å². The molecule has 0 rings (SSSR count). The first-order valence-corrected chi connectivity index (χ1v) is 0.828. The number of hydrogen-bond acceptors (Lipinski definition) is 1. The molecule has 0 saturated heterocycles. The number of nitrogens with zero attached hydrogens (tertiary/aromatic N) is 3. The maximum Gasteiger partial charge on any atom is 0.393 e. The summed E-state index contributed by atoms with van der Waals surface area (Å²) in [5, 5.41) is 0. The van der Waals surface area contributed by atoms with Gasteiger partial charge in [-0.05, 0) is 0 Å². The van der Waals surface area contributed by atoms with Crippen LogP contribution in [0.4, 0.5) is 0 Å². The summed E-state index contributed by atoms with van der Waals surface area (Å²) in [6.45, 7) is 0. The third-order valence-corrected chi connectivity index (χ3v) is 0.0855. The van der Waals surface area contributed by atoms with Gasteiger partial charge in [0.2, 0.25) is 0 Å². The van der Waals surface area contributed by atoms with Gasteiger partial charge in [0.15, 0.2) is 0 Å². The smallest absolute Gasteiger partial charge is 0.189 e. The highest BCUT2D eigenvalue weighted by molar-refractivity contribution is 5.22. The molecule has 0 saturated carbocycles. The Bertz CT molecular complexity index is 98.9. The Hall–Kier alpha value is -1.20. The summed E-state index contributed by atoms with van der Waals surface area (Å²) in [5.41, 5.74) is 7.26. The summed E-state index contributed by atoms with van der Waals surface area (Å²) in [6.07, 6.45) is 0.976. The van der Waals surface area contributed by atoms with Crippen LogP contribution in [0.3, 0.4) is 0 Å². The van der Waals surface area contributed by atoms with Gasteiger partial charge in [0.25, 0.3) is 0 Å². The molecule has 0 aromatic carbocycles. The second kappa shape index (κ2) is 2.80. The van der Waals surface area contributed by atoms with E-state index in [0.717, 1.165) is 6.08 Å². The molecule has 0 aliphatic carbocycles. The lowest BCUT2D eigenvalue weighted by atomic mass is 11.7. The molecule has 0 aliphatic heterocycles. The van der Waals surface area contributed by atoms with Crippen LogP contribution in [0.2, 0.25) is 0 Å². The van der Waals surface area contributed by atoms with E-state index in [2.05, 4.69) is 9.70 Å². The van der Waals surface area contributed by atoms with Crippen LogP contribution < -0.4 is 0 Å². The van der Waals surface area contributed by atoms with E-state index in [1.54, 1.807) is 0 Å². The lowest BCUT2D eigenvalue weighted by Gasteiger charge is -1.02. The van der Waals surface area contributed by atoms with Gasteiger partial charge in [-0.25, -0.2) is 0 Å². The molecule has 0 heterocycles. The first-order valence-electron chi connectivity index (χ1n) is 0.828. The fourth-order valence-corrected chi connectivity index (χ4v) is 0.0183. The van der Waals surface area contributed by atoms with Crippen molar-refractivity contribution in [3.05, 3.63) is 10.4 Å². The highest BCUT2D eigenvalue weighted by atomic mass is 16.1. The number of carbonyl (C=O) groups excluding carboxylic acids is 1. The average Bonchev–Trinajstić information content (AvgIpc) is 1.41. The van der Waals surface area contributed by atoms with Gasteiger partial charge >= 0.3 is 16.5 Å². The summed E-state index contributed by atoms with van der Waals surface area (Å²) in [7, 11) is 0. The molecule has 0 aromatic rings. The molecule has 0 unspecified atom stereocenters. The molecule has 4 nitrogen and oxygen atoms in total. The molecular formula is CN3O+. The SMILES string of the molecule is [N-]=[N+]=[N+]=C=O. The second-order valence-corrected chi connectivity index (χ2v) is 0.281. The predicted octanol–water partition coefficient (Wildman–Crippen LogP) is -0.159. The largest absolute Gasteiger partial charge is 0.393 e. The predicted molar refractivity (Wildman–Crippen MR) is 12.7 cm³/mol. The third-order valence-electron chi connectivity index (χ3n) is 0.0855. The Labute approximate surface area is 27.4 Å². The molecule has 0 atom stereocenters. The molecular weight excluding hydrogens is 70.0 g/mol. The van der Waals surface area contributed by atoms with Gasteiger partial charge < -0.3 is 0 Å². The van der Waals surface area contributed by atoms with Crippen molar-refractivity contribution in [3.63, 3.8) is 0 Å². The molecule has 5 heavy (non-hydrogen) atoms. The first kappa shape index (κ1) is 3.80. The van der Waals surface area contributed by atoms with E-state index < -0.39 is 0 Å². The molecule has 0 fully saturated rings. The first-order chi connectivity index (χ1) is 2.41. The van der Waals surface area contributed by atoms with E-state index in [-0.39, 0.29) is 0 Å². The van der Waals surface area contributed by atoms with Crippen molar-refractivity contribution in [2.24, 2.45) is 0 Å². The molecule has 0 spiro atoms. The minimum absolute atomic E-state index is 0.976. The van der Waals surface area contributed by atoms with Gasteiger partial charge in [0, 0.05) is 0 Å². The lowest BCUT2D eigenvalue weighted by Crippen LogP contribution is -1.39. The molecule has 0 radical (unpaired) electrons. The second-order valence-electron chi connectivity index (χ2n) is 0.281. The van der Waals surface area contributed by atoms with Crippen molar-refractivity contribution < 1.29 is 9.58 Å². The third kappa shape index (κ3) is 2.80. The fourth-order valence-electron chi connectivity index (χ4n) is 0.0183. The normalized spacial score (nSPS) is 3.20. The molecule has 0 aliphatic rings. The number of hydrogen-bond donors (Lipinski definition) is 0.